The van der Waals surface area contributed by atoms with Crippen LogP contribution in [0.2, 0.25) is 0 Å². The molecule has 0 radical (unpaired) electrons. The maximum absolute atomic E-state index is 4.65. The van der Waals surface area contributed by atoms with Crippen LogP contribution in [0, 0.1) is 27.7 Å². The van der Waals surface area contributed by atoms with E-state index in [0.717, 1.165) is 22.3 Å². The number of thioether (sulfide) groups is 1. The van der Waals surface area contributed by atoms with Crippen molar-refractivity contribution >= 4 is 40.3 Å². The summed E-state index contributed by atoms with van der Waals surface area (Å²) in [5, 5.41) is 17.7. The highest BCUT2D eigenvalue weighted by Gasteiger charge is 2.15. The van der Waals surface area contributed by atoms with Crippen molar-refractivity contribution in [2.45, 2.75) is 32.9 Å². The highest BCUT2D eigenvalue weighted by atomic mass is 32.2. The number of aryl methyl sites for hydroxylation is 4. The van der Waals surface area contributed by atoms with Crippen LogP contribution in [0.4, 0.5) is 11.9 Å². The first-order valence-corrected chi connectivity index (χ1v) is 11.2. The molecule has 4 aromatic heterocycles. The zero-order valence-corrected chi connectivity index (χ0v) is 19.1. The molecule has 0 atom stereocenters. The Hall–Kier alpha value is -3.73. The first kappa shape index (κ1) is 20.2. The maximum Gasteiger partial charge on any atom is 0.272 e. The minimum atomic E-state index is 0.370. The van der Waals surface area contributed by atoms with E-state index in [-0.39, 0.29) is 0 Å². The summed E-state index contributed by atoms with van der Waals surface area (Å²) in [5.41, 5.74) is 6.16. The van der Waals surface area contributed by atoms with Gasteiger partial charge in [-0.2, -0.15) is 9.50 Å². The van der Waals surface area contributed by atoms with E-state index in [0.29, 0.717) is 34.2 Å². The van der Waals surface area contributed by atoms with Crippen molar-refractivity contribution in [3.8, 4) is 11.4 Å². The molecule has 0 spiro atoms. The SMILES string of the molecule is CSc1nc2nnc(-c3ccnc(Nc4nc(C)c5cc(C)c(C)cc5n4)n3)c(C)n2n1. The predicted octanol–water partition coefficient (Wildman–Crippen LogP) is 3.62. The van der Waals surface area contributed by atoms with Crippen LogP contribution in [0.25, 0.3) is 28.1 Å². The van der Waals surface area contributed by atoms with E-state index in [1.807, 2.05) is 20.1 Å². The summed E-state index contributed by atoms with van der Waals surface area (Å²) < 4.78 is 1.67. The Morgan fingerprint density at radius 1 is 0.906 bits per heavy atom. The zero-order valence-electron chi connectivity index (χ0n) is 18.2. The van der Waals surface area contributed by atoms with Gasteiger partial charge in [0.15, 0.2) is 0 Å². The van der Waals surface area contributed by atoms with Crippen molar-refractivity contribution in [3.63, 3.8) is 0 Å². The molecule has 1 aromatic carbocycles. The van der Waals surface area contributed by atoms with E-state index in [1.54, 1.807) is 16.8 Å². The van der Waals surface area contributed by atoms with Gasteiger partial charge in [0, 0.05) is 11.6 Å². The average molecular weight is 445 g/mol. The van der Waals surface area contributed by atoms with Crippen molar-refractivity contribution in [1.29, 1.82) is 0 Å². The second kappa shape index (κ2) is 7.75. The van der Waals surface area contributed by atoms with Crippen LogP contribution in [0.5, 0.6) is 0 Å². The highest BCUT2D eigenvalue weighted by Crippen LogP contribution is 2.24. The molecule has 0 saturated carbocycles. The van der Waals surface area contributed by atoms with Gasteiger partial charge in [0.25, 0.3) is 5.78 Å². The number of rotatable bonds is 4. The molecule has 0 aliphatic carbocycles. The molecule has 10 nitrogen and oxygen atoms in total. The van der Waals surface area contributed by atoms with Crippen molar-refractivity contribution in [1.82, 2.24) is 44.7 Å². The molecule has 0 amide bonds. The molecular formula is C21H20N10S. The minimum absolute atomic E-state index is 0.370. The van der Waals surface area contributed by atoms with Crippen LogP contribution in [-0.2, 0) is 0 Å². The molecule has 0 fully saturated rings. The van der Waals surface area contributed by atoms with Crippen LogP contribution < -0.4 is 5.32 Å². The largest absolute Gasteiger partial charge is 0.293 e. The van der Waals surface area contributed by atoms with E-state index in [4.69, 9.17) is 0 Å². The van der Waals surface area contributed by atoms with Gasteiger partial charge in [0.1, 0.15) is 5.69 Å². The second-order valence-electron chi connectivity index (χ2n) is 7.42. The lowest BCUT2D eigenvalue weighted by molar-refractivity contribution is 0.824. The summed E-state index contributed by atoms with van der Waals surface area (Å²) in [6.45, 7) is 8.04. The maximum atomic E-state index is 4.65. The van der Waals surface area contributed by atoms with Crippen LogP contribution in [0.15, 0.2) is 29.6 Å². The molecule has 0 saturated heterocycles. The number of nitrogens with one attached hydrogen (secondary N) is 1. The van der Waals surface area contributed by atoms with Crippen molar-refractivity contribution in [2.24, 2.45) is 0 Å². The molecule has 11 heteroatoms. The topological polar surface area (TPSA) is 120 Å². The number of benzene rings is 1. The molecular weight excluding hydrogens is 424 g/mol. The Morgan fingerprint density at radius 3 is 2.53 bits per heavy atom. The lowest BCUT2D eigenvalue weighted by atomic mass is 10.1. The summed E-state index contributed by atoms with van der Waals surface area (Å²) in [7, 11) is 0. The van der Waals surface area contributed by atoms with Gasteiger partial charge in [-0.3, -0.25) is 5.32 Å². The first-order valence-electron chi connectivity index (χ1n) is 9.93. The number of anilines is 2. The fraction of sp³-hybridized carbons (Fsp3) is 0.238. The number of aromatic nitrogens is 9. The number of hydrogen-bond acceptors (Lipinski definition) is 10. The second-order valence-corrected chi connectivity index (χ2v) is 8.19. The number of nitrogens with zero attached hydrogens (tertiary/aromatic N) is 9. The van der Waals surface area contributed by atoms with E-state index in [1.165, 1.54) is 22.9 Å². The van der Waals surface area contributed by atoms with E-state index >= 15 is 0 Å². The Bertz CT molecular complexity index is 1490. The summed E-state index contributed by atoms with van der Waals surface area (Å²) >= 11 is 1.45. The van der Waals surface area contributed by atoms with Gasteiger partial charge in [0.2, 0.25) is 17.1 Å². The minimum Gasteiger partial charge on any atom is -0.293 e. The molecule has 4 heterocycles. The standard InChI is InChI=1S/C21H20N10S/c1-10-8-14-12(3)23-19(25-16(14)9-11(10)2)26-18-22-7-6-15(24-18)17-13(4)31-20(29-28-17)27-21(30-31)32-5/h6-9H,1-5H3,(H,22,23,24,25,26). The Morgan fingerprint density at radius 2 is 1.72 bits per heavy atom. The molecule has 0 bridgehead atoms. The average Bonchev–Trinajstić information content (AvgIpc) is 3.20. The Balaban J connectivity index is 1.52. The number of fused-ring (bicyclic) bond motifs is 2. The summed E-state index contributed by atoms with van der Waals surface area (Å²) in [4.78, 5) is 22.5. The van der Waals surface area contributed by atoms with Crippen LogP contribution in [0.3, 0.4) is 0 Å². The van der Waals surface area contributed by atoms with Gasteiger partial charge >= 0.3 is 0 Å². The smallest absolute Gasteiger partial charge is 0.272 e. The third-order valence-electron chi connectivity index (χ3n) is 5.28. The van der Waals surface area contributed by atoms with Gasteiger partial charge in [-0.15, -0.1) is 15.3 Å². The van der Waals surface area contributed by atoms with Crippen molar-refractivity contribution in [2.75, 3.05) is 11.6 Å². The lowest BCUT2D eigenvalue weighted by Gasteiger charge is -2.10. The fourth-order valence-corrected chi connectivity index (χ4v) is 3.75. The molecule has 0 unspecified atom stereocenters. The highest BCUT2D eigenvalue weighted by molar-refractivity contribution is 7.98. The van der Waals surface area contributed by atoms with Crippen molar-refractivity contribution in [3.05, 3.63) is 46.9 Å². The third-order valence-corrected chi connectivity index (χ3v) is 5.81. The van der Waals surface area contributed by atoms with Gasteiger partial charge in [0.05, 0.1) is 22.6 Å². The normalized spacial score (nSPS) is 11.4. The fourth-order valence-electron chi connectivity index (χ4n) is 3.41. The molecule has 1 N–H and O–H groups in total. The zero-order chi connectivity index (χ0) is 22.4. The summed E-state index contributed by atoms with van der Waals surface area (Å²) in [6.07, 6.45) is 3.58. The molecule has 5 aromatic rings. The Labute approximate surface area is 188 Å². The monoisotopic (exact) mass is 444 g/mol. The quantitative estimate of drug-likeness (QED) is 0.412. The van der Waals surface area contributed by atoms with Crippen molar-refractivity contribution < 1.29 is 0 Å². The summed E-state index contributed by atoms with van der Waals surface area (Å²) in [5.74, 6) is 1.26. The van der Waals surface area contributed by atoms with Gasteiger partial charge in [-0.05, 0) is 63.3 Å². The van der Waals surface area contributed by atoms with Crippen LogP contribution in [-0.4, -0.2) is 51.0 Å². The van der Waals surface area contributed by atoms with Gasteiger partial charge in [-0.1, -0.05) is 11.8 Å². The Kier molecular flexibility index (Phi) is 4.89. The molecule has 32 heavy (non-hydrogen) atoms. The molecule has 0 aliphatic heterocycles. The first-order chi connectivity index (χ1) is 15.4. The van der Waals surface area contributed by atoms with E-state index < -0.39 is 0 Å². The lowest BCUT2D eigenvalue weighted by Crippen LogP contribution is -2.06. The van der Waals surface area contributed by atoms with E-state index in [2.05, 4.69) is 71.5 Å². The van der Waals surface area contributed by atoms with Gasteiger partial charge < -0.3 is 0 Å². The van der Waals surface area contributed by atoms with E-state index in [9.17, 15) is 0 Å². The van der Waals surface area contributed by atoms with Crippen LogP contribution >= 0.6 is 11.8 Å². The molecule has 5 rings (SSSR count). The third kappa shape index (κ3) is 3.50. The van der Waals surface area contributed by atoms with Crippen LogP contribution in [0.1, 0.15) is 22.5 Å². The summed E-state index contributed by atoms with van der Waals surface area (Å²) in [6, 6.07) is 5.96. The molecule has 0 aliphatic rings. The van der Waals surface area contributed by atoms with Gasteiger partial charge in [-0.25, -0.2) is 19.9 Å². The predicted molar refractivity (Wildman–Crippen MR) is 123 cm³/mol. The molecule has 160 valence electrons. The number of hydrogen-bond donors (Lipinski definition) is 1.